The average molecular weight is 648 g/mol. The molecule has 0 radical (unpaired) electrons. The lowest BCUT2D eigenvalue weighted by Crippen LogP contribution is -2.45. The van der Waals surface area contributed by atoms with Crippen LogP contribution in [0.5, 0.6) is 5.75 Å². The number of alkyl carbamates (subject to hydrolysis) is 1. The van der Waals surface area contributed by atoms with Crippen LogP contribution in [0.2, 0.25) is 0 Å². The largest absolute Gasteiger partial charge is 0.487 e. The zero-order valence-electron chi connectivity index (χ0n) is 26.7. The van der Waals surface area contributed by atoms with E-state index in [-0.39, 0.29) is 30.4 Å². The highest BCUT2D eigenvalue weighted by Crippen LogP contribution is 2.45. The van der Waals surface area contributed by atoms with Gasteiger partial charge in [0.05, 0.1) is 4.90 Å². The molecule has 46 heavy (non-hydrogen) atoms. The molecule has 0 spiro atoms. The quantitative estimate of drug-likeness (QED) is 0.124. The van der Waals surface area contributed by atoms with Crippen molar-refractivity contribution in [3.05, 3.63) is 81.9 Å². The highest BCUT2D eigenvalue weighted by Gasteiger charge is 2.37. The average Bonchev–Trinajstić information content (AvgIpc) is 3.50. The third-order valence-electron chi connectivity index (χ3n) is 8.75. The smallest absolute Gasteiger partial charge is 0.407 e. The van der Waals surface area contributed by atoms with Crippen molar-refractivity contribution >= 4 is 28.0 Å². The molecule has 1 heterocycles. The number of amides is 2. The van der Waals surface area contributed by atoms with E-state index in [1.54, 1.807) is 13.8 Å². The van der Waals surface area contributed by atoms with E-state index in [0.29, 0.717) is 24.0 Å². The van der Waals surface area contributed by atoms with Crippen LogP contribution in [0, 0.1) is 26.2 Å². The molecule has 2 amide bonds. The number of fused-ring (bicyclic) bond motifs is 4. The molecular weight excluding hydrogens is 606 g/mol. The van der Waals surface area contributed by atoms with Crippen LogP contribution in [0.1, 0.15) is 66.0 Å². The molecule has 244 valence electrons. The second-order valence-electron chi connectivity index (χ2n) is 12.5. The van der Waals surface area contributed by atoms with Gasteiger partial charge >= 0.3 is 6.09 Å². The summed E-state index contributed by atoms with van der Waals surface area (Å²) in [4.78, 5) is 24.9. The third kappa shape index (κ3) is 6.53. The van der Waals surface area contributed by atoms with Crippen LogP contribution in [0.25, 0.3) is 11.1 Å². The first kappa shape index (κ1) is 32.8. The van der Waals surface area contributed by atoms with E-state index in [2.05, 4.69) is 15.4 Å². The van der Waals surface area contributed by atoms with Crippen molar-refractivity contribution in [2.45, 2.75) is 76.3 Å². The molecular formula is C34H41N5O6S. The summed E-state index contributed by atoms with van der Waals surface area (Å²) in [5, 5.41) is 13.5. The fraction of sp³-hybridized carbons (Fsp3) is 0.382. The van der Waals surface area contributed by atoms with Gasteiger partial charge in [-0.1, -0.05) is 48.5 Å². The van der Waals surface area contributed by atoms with Crippen LogP contribution < -0.4 is 25.8 Å². The Morgan fingerprint density at radius 1 is 1.02 bits per heavy atom. The van der Waals surface area contributed by atoms with Gasteiger partial charge in [0, 0.05) is 24.4 Å². The number of benzene rings is 3. The molecule has 0 aromatic heterocycles. The van der Waals surface area contributed by atoms with E-state index in [4.69, 9.17) is 20.6 Å². The fourth-order valence-electron chi connectivity index (χ4n) is 6.46. The number of carbonyl (C=O) groups is 2. The number of carbonyl (C=O) groups excluding carboxylic acids is 2. The maximum Gasteiger partial charge on any atom is 0.407 e. The van der Waals surface area contributed by atoms with Gasteiger partial charge in [-0.2, -0.15) is 0 Å². The van der Waals surface area contributed by atoms with Crippen LogP contribution in [0.3, 0.4) is 0 Å². The van der Waals surface area contributed by atoms with Gasteiger partial charge in [0.15, 0.2) is 0 Å². The summed E-state index contributed by atoms with van der Waals surface area (Å²) >= 11 is 0. The number of guanidine groups is 1. The number of ether oxygens (including phenoxy) is 2. The molecule has 1 atom stereocenters. The molecule has 2 aliphatic rings. The van der Waals surface area contributed by atoms with Crippen molar-refractivity contribution in [1.82, 2.24) is 15.4 Å². The second-order valence-corrected chi connectivity index (χ2v) is 14.1. The van der Waals surface area contributed by atoms with Crippen molar-refractivity contribution in [3.8, 4) is 16.9 Å². The number of hydrogen-bond donors (Lipinski definition) is 5. The van der Waals surface area contributed by atoms with Crippen LogP contribution >= 0.6 is 0 Å². The lowest BCUT2D eigenvalue weighted by atomic mass is 9.94. The monoisotopic (exact) mass is 647 g/mol. The predicted octanol–water partition coefficient (Wildman–Crippen LogP) is 4.30. The molecule has 0 bridgehead atoms. The summed E-state index contributed by atoms with van der Waals surface area (Å²) in [5.41, 5.74) is 12.2. The topological polar surface area (TPSA) is 173 Å². The van der Waals surface area contributed by atoms with Crippen molar-refractivity contribution in [2.24, 2.45) is 5.73 Å². The van der Waals surface area contributed by atoms with Crippen LogP contribution in [-0.4, -0.2) is 51.2 Å². The maximum absolute atomic E-state index is 13.4. The number of sulfonamides is 1. The van der Waals surface area contributed by atoms with Gasteiger partial charge in [-0.15, -0.1) is 0 Å². The molecule has 0 saturated heterocycles. The number of nitrogens with two attached hydrogens (primary N) is 1. The minimum Gasteiger partial charge on any atom is -0.487 e. The minimum atomic E-state index is -4.08. The Hall–Kier alpha value is -4.58. The number of rotatable bonds is 10. The summed E-state index contributed by atoms with van der Waals surface area (Å²) in [6.45, 7) is 9.50. The zero-order chi connectivity index (χ0) is 33.4. The number of nitrogens with one attached hydrogen (secondary N) is 4. The summed E-state index contributed by atoms with van der Waals surface area (Å²) < 4.78 is 40.7. The summed E-state index contributed by atoms with van der Waals surface area (Å²) in [7, 11) is -4.08. The molecule has 0 fully saturated rings. The van der Waals surface area contributed by atoms with E-state index in [1.165, 1.54) is 0 Å². The molecule has 0 unspecified atom stereocenters. The third-order valence-corrected chi connectivity index (χ3v) is 10.4. The predicted molar refractivity (Wildman–Crippen MR) is 176 cm³/mol. The maximum atomic E-state index is 13.4. The van der Waals surface area contributed by atoms with Crippen molar-refractivity contribution < 1.29 is 27.5 Å². The van der Waals surface area contributed by atoms with E-state index >= 15 is 0 Å². The number of primary amides is 1. The minimum absolute atomic E-state index is 0.0949. The Labute approximate surface area is 269 Å². The first-order chi connectivity index (χ1) is 21.7. The van der Waals surface area contributed by atoms with Gasteiger partial charge < -0.3 is 25.8 Å². The van der Waals surface area contributed by atoms with Crippen molar-refractivity contribution in [2.75, 3.05) is 13.2 Å². The SMILES string of the molecule is Cc1c(C)c(S(=O)(=O)NC(=N)NCCC[C@H](NC(=O)OCC2c3ccccc3-c3ccccc32)C(N)=O)c(C)c2c1OC(C)(C)C2. The Bertz CT molecular complexity index is 1780. The molecule has 3 aromatic rings. The number of hydrogen-bond acceptors (Lipinski definition) is 7. The molecule has 0 saturated carbocycles. The van der Waals surface area contributed by atoms with Gasteiger partial charge in [0.25, 0.3) is 10.0 Å². The van der Waals surface area contributed by atoms with E-state index in [1.807, 2.05) is 69.3 Å². The molecule has 6 N–H and O–H groups in total. The Kier molecular flexibility index (Phi) is 9.03. The first-order valence-electron chi connectivity index (χ1n) is 15.3. The lowest BCUT2D eigenvalue weighted by molar-refractivity contribution is -0.120. The zero-order valence-corrected chi connectivity index (χ0v) is 27.6. The van der Waals surface area contributed by atoms with Gasteiger partial charge in [-0.3, -0.25) is 10.2 Å². The Morgan fingerprint density at radius 3 is 2.24 bits per heavy atom. The van der Waals surface area contributed by atoms with E-state index < -0.39 is 39.6 Å². The van der Waals surface area contributed by atoms with E-state index in [0.717, 1.165) is 39.1 Å². The van der Waals surface area contributed by atoms with Gasteiger partial charge in [-0.05, 0) is 86.4 Å². The standard InChI is InChI=1S/C34H41N5O6S/c1-19-20(2)30(21(3)26-17-34(4,5)45-29(19)26)46(42,43)39-32(36)37-16-10-15-28(31(35)40)38-33(41)44-18-27-24-13-8-6-11-22(24)23-12-7-9-14-25(23)27/h6-9,11-14,27-28H,10,15-18H2,1-5H3,(H2,35,40)(H,38,41)(H3,36,37,39)/t28-/m0/s1. The summed E-state index contributed by atoms with van der Waals surface area (Å²) in [5.74, 6) is -0.538. The molecule has 11 nitrogen and oxygen atoms in total. The molecule has 1 aliphatic heterocycles. The second kappa shape index (κ2) is 12.7. The normalized spacial score (nSPS) is 15.2. The molecule has 3 aromatic carbocycles. The highest BCUT2D eigenvalue weighted by atomic mass is 32.2. The van der Waals surface area contributed by atoms with Gasteiger partial charge in [-0.25, -0.2) is 17.9 Å². The highest BCUT2D eigenvalue weighted by molar-refractivity contribution is 7.90. The van der Waals surface area contributed by atoms with Crippen LogP contribution in [-0.2, 0) is 26.0 Å². The van der Waals surface area contributed by atoms with Crippen molar-refractivity contribution in [1.29, 1.82) is 5.41 Å². The molecule has 5 rings (SSSR count). The Balaban J connectivity index is 1.12. The van der Waals surface area contributed by atoms with Gasteiger partial charge in [0.2, 0.25) is 11.9 Å². The molecule has 12 heteroatoms. The van der Waals surface area contributed by atoms with E-state index in [9.17, 15) is 18.0 Å². The summed E-state index contributed by atoms with van der Waals surface area (Å²) in [6, 6.07) is 15.0. The first-order valence-corrected chi connectivity index (χ1v) is 16.8. The van der Waals surface area contributed by atoms with Crippen molar-refractivity contribution in [3.63, 3.8) is 0 Å². The Morgan fingerprint density at radius 2 is 1.63 bits per heavy atom. The van der Waals surface area contributed by atoms with Gasteiger partial charge in [0.1, 0.15) is 24.0 Å². The molecule has 1 aliphatic carbocycles. The lowest BCUT2D eigenvalue weighted by Gasteiger charge is -2.20. The van der Waals surface area contributed by atoms with Crippen LogP contribution in [0.15, 0.2) is 53.4 Å². The fourth-order valence-corrected chi connectivity index (χ4v) is 7.98. The van der Waals surface area contributed by atoms with Crippen LogP contribution in [0.4, 0.5) is 4.79 Å². The summed E-state index contributed by atoms with van der Waals surface area (Å²) in [6.07, 6.45) is 0.288.